The number of halogens is 1. The second-order valence-electron chi connectivity index (χ2n) is 3.96. The summed E-state index contributed by atoms with van der Waals surface area (Å²) >= 11 is 0. The van der Waals surface area contributed by atoms with Crippen LogP contribution >= 0.6 is 0 Å². The van der Waals surface area contributed by atoms with Crippen molar-refractivity contribution in [2.75, 3.05) is 25.0 Å². The number of rotatable bonds is 6. The van der Waals surface area contributed by atoms with E-state index in [1.54, 1.807) is 4.90 Å². The van der Waals surface area contributed by atoms with E-state index in [1.165, 1.54) is 6.07 Å². The summed E-state index contributed by atoms with van der Waals surface area (Å²) in [6, 6.07) is 1.24. The molecule has 1 rings (SSSR count). The number of carbonyl (C=O) groups is 1. The molecule has 0 fully saturated rings. The minimum atomic E-state index is -0.493. The van der Waals surface area contributed by atoms with Gasteiger partial charge in [0.05, 0.1) is 11.8 Å². The van der Waals surface area contributed by atoms with E-state index in [0.717, 1.165) is 12.6 Å². The summed E-state index contributed by atoms with van der Waals surface area (Å²) in [5.74, 6) is -0.228. The average Bonchev–Trinajstić information content (AvgIpc) is 2.37. The highest BCUT2D eigenvalue weighted by Crippen LogP contribution is 2.16. The van der Waals surface area contributed by atoms with Crippen LogP contribution in [-0.2, 0) is 0 Å². The van der Waals surface area contributed by atoms with Crippen molar-refractivity contribution in [2.45, 2.75) is 27.2 Å². The SMILES string of the molecule is CCCN(CC)C(=O)c1cc(F)cnc1NCC. The molecule has 0 saturated carbocycles. The first kappa shape index (κ1) is 14.4. The Bertz CT molecular complexity index is 409. The maximum atomic E-state index is 13.2. The van der Waals surface area contributed by atoms with Crippen molar-refractivity contribution < 1.29 is 9.18 Å². The van der Waals surface area contributed by atoms with Crippen molar-refractivity contribution in [3.8, 4) is 0 Å². The molecule has 1 N–H and O–H groups in total. The molecule has 0 aromatic carbocycles. The second kappa shape index (κ2) is 6.93. The molecule has 5 heteroatoms. The number of carbonyl (C=O) groups excluding carboxylic acids is 1. The summed E-state index contributed by atoms with van der Waals surface area (Å²) in [4.78, 5) is 17.9. The fourth-order valence-corrected chi connectivity index (χ4v) is 1.75. The smallest absolute Gasteiger partial charge is 0.257 e. The Morgan fingerprint density at radius 1 is 1.44 bits per heavy atom. The van der Waals surface area contributed by atoms with Gasteiger partial charge in [-0.15, -0.1) is 0 Å². The zero-order valence-corrected chi connectivity index (χ0v) is 11.2. The van der Waals surface area contributed by atoms with E-state index in [0.29, 0.717) is 31.0 Å². The van der Waals surface area contributed by atoms with Crippen LogP contribution < -0.4 is 5.32 Å². The third kappa shape index (κ3) is 3.42. The third-order valence-corrected chi connectivity index (χ3v) is 2.59. The molecule has 1 aromatic rings. The van der Waals surface area contributed by atoms with Crippen molar-refractivity contribution in [1.82, 2.24) is 9.88 Å². The molecule has 1 amide bonds. The summed E-state index contributed by atoms with van der Waals surface area (Å²) < 4.78 is 13.2. The molecule has 18 heavy (non-hydrogen) atoms. The van der Waals surface area contributed by atoms with Crippen molar-refractivity contribution in [2.24, 2.45) is 0 Å². The molecule has 0 aliphatic rings. The van der Waals surface area contributed by atoms with Gasteiger partial charge in [0.2, 0.25) is 0 Å². The van der Waals surface area contributed by atoms with Gasteiger partial charge in [-0.1, -0.05) is 6.92 Å². The fourth-order valence-electron chi connectivity index (χ4n) is 1.75. The van der Waals surface area contributed by atoms with Crippen LogP contribution in [-0.4, -0.2) is 35.4 Å². The van der Waals surface area contributed by atoms with Crippen LogP contribution in [0.2, 0.25) is 0 Å². The van der Waals surface area contributed by atoms with Gasteiger partial charge in [0.15, 0.2) is 0 Å². The van der Waals surface area contributed by atoms with Crippen molar-refractivity contribution in [3.05, 3.63) is 23.6 Å². The summed E-state index contributed by atoms with van der Waals surface area (Å²) in [5, 5.41) is 2.98. The van der Waals surface area contributed by atoms with Crippen LogP contribution in [0.4, 0.5) is 10.2 Å². The monoisotopic (exact) mass is 253 g/mol. The quantitative estimate of drug-likeness (QED) is 0.847. The first-order valence-electron chi connectivity index (χ1n) is 6.32. The van der Waals surface area contributed by atoms with Crippen LogP contribution in [0.25, 0.3) is 0 Å². The van der Waals surface area contributed by atoms with Crippen LogP contribution in [0.15, 0.2) is 12.3 Å². The fraction of sp³-hybridized carbons (Fsp3) is 0.538. The number of amides is 1. The van der Waals surface area contributed by atoms with Gasteiger partial charge < -0.3 is 10.2 Å². The minimum absolute atomic E-state index is 0.178. The predicted octanol–water partition coefficient (Wildman–Crippen LogP) is 2.52. The lowest BCUT2D eigenvalue weighted by Crippen LogP contribution is -2.32. The van der Waals surface area contributed by atoms with Gasteiger partial charge >= 0.3 is 0 Å². The molecule has 0 atom stereocenters. The molecule has 1 heterocycles. The summed E-state index contributed by atoms with van der Waals surface area (Å²) in [5.41, 5.74) is 0.298. The standard InChI is InChI=1S/C13H20FN3O/c1-4-7-17(6-3)13(18)11-8-10(14)9-16-12(11)15-5-2/h8-9H,4-7H2,1-3H3,(H,15,16). The van der Waals surface area contributed by atoms with E-state index < -0.39 is 5.82 Å². The van der Waals surface area contributed by atoms with Gasteiger partial charge in [0.25, 0.3) is 5.91 Å². The highest BCUT2D eigenvalue weighted by molar-refractivity contribution is 5.98. The largest absolute Gasteiger partial charge is 0.370 e. The summed E-state index contributed by atoms with van der Waals surface area (Å²) in [6.07, 6.45) is 1.99. The van der Waals surface area contributed by atoms with Gasteiger partial charge in [-0.25, -0.2) is 9.37 Å². The van der Waals surface area contributed by atoms with Gasteiger partial charge in [0.1, 0.15) is 11.6 Å². The Balaban J connectivity index is 3.05. The number of aromatic nitrogens is 1. The molecule has 4 nitrogen and oxygen atoms in total. The minimum Gasteiger partial charge on any atom is -0.370 e. The van der Waals surface area contributed by atoms with Gasteiger partial charge in [-0.3, -0.25) is 4.79 Å². The second-order valence-corrected chi connectivity index (χ2v) is 3.96. The molecule has 0 aliphatic carbocycles. The number of nitrogens with one attached hydrogen (secondary N) is 1. The Morgan fingerprint density at radius 3 is 2.72 bits per heavy atom. The lowest BCUT2D eigenvalue weighted by Gasteiger charge is -2.21. The zero-order valence-electron chi connectivity index (χ0n) is 11.2. The number of nitrogens with zero attached hydrogens (tertiary/aromatic N) is 2. The highest BCUT2D eigenvalue weighted by atomic mass is 19.1. The van der Waals surface area contributed by atoms with Crippen molar-refractivity contribution in [1.29, 1.82) is 0 Å². The number of anilines is 1. The maximum Gasteiger partial charge on any atom is 0.257 e. The van der Waals surface area contributed by atoms with E-state index in [-0.39, 0.29) is 5.91 Å². The average molecular weight is 253 g/mol. The molecular weight excluding hydrogens is 233 g/mol. The van der Waals surface area contributed by atoms with Gasteiger partial charge in [0, 0.05) is 19.6 Å². The number of hydrogen-bond acceptors (Lipinski definition) is 3. The molecule has 0 aliphatic heterocycles. The van der Waals surface area contributed by atoms with E-state index in [4.69, 9.17) is 0 Å². The van der Waals surface area contributed by atoms with Crippen LogP contribution in [0.1, 0.15) is 37.6 Å². The van der Waals surface area contributed by atoms with E-state index in [1.807, 2.05) is 20.8 Å². The van der Waals surface area contributed by atoms with Gasteiger partial charge in [-0.05, 0) is 26.3 Å². The third-order valence-electron chi connectivity index (χ3n) is 2.59. The van der Waals surface area contributed by atoms with Crippen LogP contribution in [0, 0.1) is 5.82 Å². The summed E-state index contributed by atoms with van der Waals surface area (Å²) in [6.45, 7) is 7.73. The number of hydrogen-bond donors (Lipinski definition) is 1. The predicted molar refractivity (Wildman–Crippen MR) is 70.2 cm³/mol. The molecule has 0 radical (unpaired) electrons. The van der Waals surface area contributed by atoms with E-state index >= 15 is 0 Å². The Hall–Kier alpha value is -1.65. The first-order valence-corrected chi connectivity index (χ1v) is 6.32. The molecule has 0 bridgehead atoms. The topological polar surface area (TPSA) is 45.2 Å². The zero-order chi connectivity index (χ0) is 13.5. The first-order chi connectivity index (χ1) is 8.63. The van der Waals surface area contributed by atoms with E-state index in [2.05, 4.69) is 10.3 Å². The lowest BCUT2D eigenvalue weighted by atomic mass is 10.2. The number of pyridine rings is 1. The maximum absolute atomic E-state index is 13.2. The molecular formula is C13H20FN3O. The molecule has 0 spiro atoms. The van der Waals surface area contributed by atoms with Crippen LogP contribution in [0.5, 0.6) is 0 Å². The molecule has 1 aromatic heterocycles. The van der Waals surface area contributed by atoms with Crippen molar-refractivity contribution >= 4 is 11.7 Å². The Labute approximate surface area is 107 Å². The summed E-state index contributed by atoms with van der Waals surface area (Å²) in [7, 11) is 0. The molecule has 0 unspecified atom stereocenters. The Morgan fingerprint density at radius 2 is 2.17 bits per heavy atom. The Kier molecular flexibility index (Phi) is 5.55. The van der Waals surface area contributed by atoms with Gasteiger partial charge in [-0.2, -0.15) is 0 Å². The normalized spacial score (nSPS) is 10.2. The lowest BCUT2D eigenvalue weighted by molar-refractivity contribution is 0.0764. The molecule has 100 valence electrons. The molecule has 0 saturated heterocycles. The highest BCUT2D eigenvalue weighted by Gasteiger charge is 2.18. The van der Waals surface area contributed by atoms with Crippen LogP contribution in [0.3, 0.4) is 0 Å². The van der Waals surface area contributed by atoms with E-state index in [9.17, 15) is 9.18 Å². The van der Waals surface area contributed by atoms with Crippen molar-refractivity contribution in [3.63, 3.8) is 0 Å².